The number of rotatable bonds is 8. The Hall–Kier alpha value is -3.45. The highest BCUT2D eigenvalue weighted by Crippen LogP contribution is 2.17. The first-order valence-electron chi connectivity index (χ1n) is 8.96. The van der Waals surface area contributed by atoms with Crippen LogP contribution >= 0.6 is 0 Å². The van der Waals surface area contributed by atoms with Crippen molar-refractivity contribution in [2.24, 2.45) is 0 Å². The van der Waals surface area contributed by atoms with Crippen LogP contribution in [0.1, 0.15) is 15.9 Å². The summed E-state index contributed by atoms with van der Waals surface area (Å²) < 4.78 is 27.4. The summed E-state index contributed by atoms with van der Waals surface area (Å²) in [7, 11) is -3.76. The van der Waals surface area contributed by atoms with Crippen LogP contribution in [0.3, 0.4) is 0 Å². The summed E-state index contributed by atoms with van der Waals surface area (Å²) in [5.41, 5.74) is 1.43. The number of anilines is 1. The molecule has 7 heteroatoms. The normalized spacial score (nSPS) is 12.0. The molecule has 0 heterocycles. The van der Waals surface area contributed by atoms with Gasteiger partial charge >= 0.3 is 0 Å². The van der Waals surface area contributed by atoms with Crippen molar-refractivity contribution in [2.45, 2.75) is 17.4 Å². The minimum atomic E-state index is -3.76. The molecule has 1 atom stereocenters. The Morgan fingerprint density at radius 1 is 0.897 bits per heavy atom. The second-order valence-electron chi connectivity index (χ2n) is 6.41. The summed E-state index contributed by atoms with van der Waals surface area (Å²) in [5, 5.41) is 2.67. The van der Waals surface area contributed by atoms with Crippen molar-refractivity contribution in [3.8, 4) is 0 Å². The molecule has 0 unspecified atom stereocenters. The van der Waals surface area contributed by atoms with Crippen LogP contribution < -0.4 is 10.0 Å². The third-order valence-corrected chi connectivity index (χ3v) is 5.61. The summed E-state index contributed by atoms with van der Waals surface area (Å²) >= 11 is 0. The monoisotopic (exact) mass is 408 g/mol. The summed E-state index contributed by atoms with van der Waals surface area (Å²) in [6.45, 7) is 0. The Morgan fingerprint density at radius 3 is 2.21 bits per heavy atom. The molecule has 0 fully saturated rings. The SMILES string of the molecule is O=C[C@H](Cc1ccccc1)NC(=O)c1cccc(NS(=O)(=O)c2ccccc2)c1. The third kappa shape index (κ3) is 5.52. The van der Waals surface area contributed by atoms with Gasteiger partial charge in [0.05, 0.1) is 10.9 Å². The lowest BCUT2D eigenvalue weighted by Gasteiger charge is -2.14. The molecule has 0 radical (unpaired) electrons. The number of hydrogen-bond donors (Lipinski definition) is 2. The number of aldehydes is 1. The zero-order valence-electron chi connectivity index (χ0n) is 15.5. The average molecular weight is 408 g/mol. The van der Waals surface area contributed by atoms with Crippen molar-refractivity contribution < 1.29 is 18.0 Å². The second kappa shape index (κ2) is 9.16. The van der Waals surface area contributed by atoms with Crippen molar-refractivity contribution in [3.05, 3.63) is 96.1 Å². The van der Waals surface area contributed by atoms with Crippen LogP contribution in [0.4, 0.5) is 5.69 Å². The molecule has 2 N–H and O–H groups in total. The third-order valence-electron chi connectivity index (χ3n) is 4.21. The lowest BCUT2D eigenvalue weighted by Crippen LogP contribution is -2.37. The molecule has 3 aromatic rings. The van der Waals surface area contributed by atoms with Crippen LogP contribution in [0.25, 0.3) is 0 Å². The molecule has 6 nitrogen and oxygen atoms in total. The zero-order chi connectivity index (χ0) is 20.7. The largest absolute Gasteiger partial charge is 0.342 e. The van der Waals surface area contributed by atoms with Gasteiger partial charge in [-0.15, -0.1) is 0 Å². The molecular weight excluding hydrogens is 388 g/mol. The molecule has 0 aliphatic carbocycles. The van der Waals surface area contributed by atoms with Gasteiger partial charge in [0.1, 0.15) is 6.29 Å². The Morgan fingerprint density at radius 2 is 1.55 bits per heavy atom. The molecule has 0 saturated carbocycles. The second-order valence-corrected chi connectivity index (χ2v) is 8.09. The van der Waals surface area contributed by atoms with Crippen molar-refractivity contribution in [2.75, 3.05) is 4.72 Å². The number of carbonyl (C=O) groups excluding carboxylic acids is 2. The van der Waals surface area contributed by atoms with Gasteiger partial charge < -0.3 is 10.1 Å². The zero-order valence-corrected chi connectivity index (χ0v) is 16.3. The fourth-order valence-electron chi connectivity index (χ4n) is 2.79. The van der Waals surface area contributed by atoms with Crippen LogP contribution in [-0.4, -0.2) is 26.7 Å². The van der Waals surface area contributed by atoms with E-state index in [0.29, 0.717) is 12.7 Å². The maximum atomic E-state index is 12.5. The first-order valence-corrected chi connectivity index (χ1v) is 10.4. The van der Waals surface area contributed by atoms with E-state index in [9.17, 15) is 18.0 Å². The van der Waals surface area contributed by atoms with Gasteiger partial charge in [0, 0.05) is 11.3 Å². The predicted octanol–water partition coefficient (Wildman–Crippen LogP) is 3.03. The molecule has 0 spiro atoms. The van der Waals surface area contributed by atoms with E-state index in [0.717, 1.165) is 5.56 Å². The van der Waals surface area contributed by atoms with Gasteiger partial charge in [-0.3, -0.25) is 9.52 Å². The molecule has 0 saturated heterocycles. The van der Waals surface area contributed by atoms with E-state index in [1.165, 1.54) is 18.2 Å². The average Bonchev–Trinajstić information content (AvgIpc) is 2.74. The highest BCUT2D eigenvalue weighted by Gasteiger charge is 2.16. The van der Waals surface area contributed by atoms with Gasteiger partial charge in [-0.1, -0.05) is 54.6 Å². The lowest BCUT2D eigenvalue weighted by molar-refractivity contribution is -0.109. The molecular formula is C22H20N2O4S. The van der Waals surface area contributed by atoms with Crippen LogP contribution in [-0.2, 0) is 21.2 Å². The summed E-state index contributed by atoms with van der Waals surface area (Å²) in [4.78, 5) is 24.0. The molecule has 3 rings (SSSR count). The molecule has 148 valence electrons. The van der Waals surface area contributed by atoms with E-state index in [1.54, 1.807) is 36.4 Å². The minimum Gasteiger partial charge on any atom is -0.342 e. The van der Waals surface area contributed by atoms with Crippen LogP contribution in [0.15, 0.2) is 89.8 Å². The lowest BCUT2D eigenvalue weighted by atomic mass is 10.1. The maximum Gasteiger partial charge on any atom is 0.261 e. The van der Waals surface area contributed by atoms with Crippen LogP contribution in [0, 0.1) is 0 Å². The number of carbonyl (C=O) groups is 2. The molecule has 0 bridgehead atoms. The smallest absolute Gasteiger partial charge is 0.261 e. The van der Waals surface area contributed by atoms with Crippen LogP contribution in [0.5, 0.6) is 0 Å². The van der Waals surface area contributed by atoms with E-state index < -0.39 is 22.0 Å². The minimum absolute atomic E-state index is 0.124. The van der Waals surface area contributed by atoms with Gasteiger partial charge in [-0.05, 0) is 42.3 Å². The molecule has 1 amide bonds. The van der Waals surface area contributed by atoms with Crippen molar-refractivity contribution in [3.63, 3.8) is 0 Å². The van der Waals surface area contributed by atoms with Gasteiger partial charge in [-0.2, -0.15) is 0 Å². The Kier molecular flexibility index (Phi) is 6.41. The fraction of sp³-hybridized carbons (Fsp3) is 0.0909. The first kappa shape index (κ1) is 20.3. The summed E-state index contributed by atoms with van der Waals surface area (Å²) in [5.74, 6) is -0.459. The van der Waals surface area contributed by atoms with Crippen molar-refractivity contribution >= 4 is 27.9 Å². The van der Waals surface area contributed by atoms with E-state index >= 15 is 0 Å². The number of benzene rings is 3. The summed E-state index contributed by atoms with van der Waals surface area (Å²) in [6.07, 6.45) is 1.06. The van der Waals surface area contributed by atoms with Gasteiger partial charge in [0.25, 0.3) is 15.9 Å². The van der Waals surface area contributed by atoms with E-state index in [-0.39, 0.29) is 16.1 Å². The Balaban J connectivity index is 1.71. The highest BCUT2D eigenvalue weighted by atomic mass is 32.2. The molecule has 29 heavy (non-hydrogen) atoms. The van der Waals surface area contributed by atoms with Crippen molar-refractivity contribution in [1.82, 2.24) is 5.32 Å². The number of hydrogen-bond acceptors (Lipinski definition) is 4. The van der Waals surface area contributed by atoms with E-state index in [4.69, 9.17) is 0 Å². The predicted molar refractivity (Wildman–Crippen MR) is 111 cm³/mol. The van der Waals surface area contributed by atoms with E-state index in [1.807, 2.05) is 30.3 Å². The number of nitrogens with one attached hydrogen (secondary N) is 2. The Labute approximate surface area is 169 Å². The molecule has 0 aliphatic rings. The van der Waals surface area contributed by atoms with Crippen LogP contribution in [0.2, 0.25) is 0 Å². The number of amides is 1. The topological polar surface area (TPSA) is 92.3 Å². The fourth-order valence-corrected chi connectivity index (χ4v) is 3.86. The first-order chi connectivity index (χ1) is 14.0. The quantitative estimate of drug-likeness (QED) is 0.561. The van der Waals surface area contributed by atoms with E-state index in [2.05, 4.69) is 10.0 Å². The van der Waals surface area contributed by atoms with Gasteiger partial charge in [0.15, 0.2) is 0 Å². The van der Waals surface area contributed by atoms with Gasteiger partial charge in [-0.25, -0.2) is 8.42 Å². The van der Waals surface area contributed by atoms with Crippen molar-refractivity contribution in [1.29, 1.82) is 0 Å². The standard InChI is InChI=1S/C22H20N2O4S/c25-16-20(14-17-8-3-1-4-9-17)23-22(26)18-10-7-11-19(15-18)24-29(27,28)21-12-5-2-6-13-21/h1-13,15-16,20,24H,14H2,(H,23,26)/t20-/m0/s1. The number of sulfonamides is 1. The Bertz CT molecular complexity index is 1080. The summed E-state index contributed by atoms with van der Waals surface area (Å²) in [6, 6.07) is 22.7. The van der Waals surface area contributed by atoms with Gasteiger partial charge in [0.2, 0.25) is 0 Å². The molecule has 3 aromatic carbocycles. The highest BCUT2D eigenvalue weighted by molar-refractivity contribution is 7.92. The maximum absolute atomic E-state index is 12.5. The molecule has 0 aliphatic heterocycles. The molecule has 0 aromatic heterocycles.